The van der Waals surface area contributed by atoms with Crippen molar-refractivity contribution in [2.45, 2.75) is 0 Å². The molecular formula is C13H12N4OS+. The second-order valence-corrected chi connectivity index (χ2v) is 4.15. The summed E-state index contributed by atoms with van der Waals surface area (Å²) in [5, 5.41) is 6.42. The van der Waals surface area contributed by atoms with Crippen molar-refractivity contribution in [2.24, 2.45) is 5.84 Å². The molecule has 4 N–H and O–H groups in total. The molecule has 0 aliphatic heterocycles. The van der Waals surface area contributed by atoms with Gasteiger partial charge in [-0.15, -0.1) is 0 Å². The molecule has 1 radical (unpaired) electrons. The van der Waals surface area contributed by atoms with E-state index < -0.39 is 0 Å². The normalized spacial score (nSPS) is 9.68. The molecule has 0 saturated heterocycles. The molecule has 0 aromatic heterocycles. The monoisotopic (exact) mass is 272 g/mol. The van der Waals surface area contributed by atoms with Crippen molar-refractivity contribution in [3.8, 4) is 0 Å². The van der Waals surface area contributed by atoms with Crippen LogP contribution in [0.1, 0.15) is 0 Å². The van der Waals surface area contributed by atoms with E-state index in [1.54, 1.807) is 36.4 Å². The van der Waals surface area contributed by atoms with Gasteiger partial charge in [-0.25, -0.2) is 0 Å². The standard InChI is InChI=1S/C13H11N4OS/c14-17(18)12-8-4-7-11(9-12)16-13(19)15-10-5-2-1-3-6-10/h2-9H,(H3-,14,15,16,18,19)/p+1. The molecule has 0 atom stereocenters. The summed E-state index contributed by atoms with van der Waals surface area (Å²) in [4.78, 5) is 11.3. The van der Waals surface area contributed by atoms with Crippen molar-refractivity contribution >= 4 is 34.4 Å². The Morgan fingerprint density at radius 2 is 1.84 bits per heavy atom. The minimum Gasteiger partial charge on any atom is -0.332 e. The van der Waals surface area contributed by atoms with E-state index in [9.17, 15) is 4.91 Å². The highest BCUT2D eigenvalue weighted by molar-refractivity contribution is 7.80. The lowest BCUT2D eigenvalue weighted by Crippen LogP contribution is -2.19. The molecule has 95 valence electrons. The predicted octanol–water partition coefficient (Wildman–Crippen LogP) is 2.58. The SMILES string of the molecule is N[N+](=O)c1cccc(NC(=S)Nc2cc[c]cc2)c1. The Hall–Kier alpha value is -2.47. The van der Waals surface area contributed by atoms with Crippen LogP contribution in [0.15, 0.2) is 48.5 Å². The first-order valence-electron chi connectivity index (χ1n) is 5.51. The molecule has 0 unspecified atom stereocenters. The van der Waals surface area contributed by atoms with Gasteiger partial charge >= 0.3 is 0 Å². The fraction of sp³-hybridized carbons (Fsp3) is 0. The molecule has 5 nitrogen and oxygen atoms in total. The lowest BCUT2D eigenvalue weighted by atomic mass is 10.3. The van der Waals surface area contributed by atoms with E-state index >= 15 is 0 Å². The van der Waals surface area contributed by atoms with Gasteiger partial charge in [-0.3, -0.25) is 0 Å². The number of nitrogens with zero attached hydrogens (tertiary/aromatic N) is 1. The molecule has 2 aromatic carbocycles. The highest BCUT2D eigenvalue weighted by Crippen LogP contribution is 2.16. The van der Waals surface area contributed by atoms with Gasteiger partial charge in [0.05, 0.1) is 4.91 Å². The van der Waals surface area contributed by atoms with Crippen molar-refractivity contribution < 1.29 is 4.87 Å². The molecule has 6 heteroatoms. The van der Waals surface area contributed by atoms with Gasteiger partial charge in [-0.1, -0.05) is 18.2 Å². The van der Waals surface area contributed by atoms with Crippen molar-refractivity contribution in [2.75, 3.05) is 10.6 Å². The van der Waals surface area contributed by atoms with Gasteiger partial charge in [-0.05, 0) is 36.5 Å². The number of hydrazine groups is 1. The third-order valence-electron chi connectivity index (χ3n) is 2.33. The molecule has 2 aromatic rings. The van der Waals surface area contributed by atoms with Crippen LogP contribution in [-0.4, -0.2) is 9.98 Å². The number of nitroso groups, excluding NO2 is 1. The number of benzene rings is 2. The molecule has 0 heterocycles. The van der Waals surface area contributed by atoms with Crippen molar-refractivity contribution in [3.63, 3.8) is 0 Å². The van der Waals surface area contributed by atoms with Gasteiger partial charge in [0.25, 0.3) is 5.69 Å². The number of anilines is 2. The summed E-state index contributed by atoms with van der Waals surface area (Å²) in [7, 11) is 0. The minimum atomic E-state index is 0.300. The second-order valence-electron chi connectivity index (χ2n) is 3.74. The Balaban J connectivity index is 2.03. The quantitative estimate of drug-likeness (QED) is 0.347. The fourth-order valence-electron chi connectivity index (χ4n) is 1.48. The van der Waals surface area contributed by atoms with E-state index in [4.69, 9.17) is 18.1 Å². The molecule has 19 heavy (non-hydrogen) atoms. The summed E-state index contributed by atoms with van der Waals surface area (Å²) < 4.78 is 0. The van der Waals surface area contributed by atoms with Gasteiger partial charge < -0.3 is 10.6 Å². The van der Waals surface area contributed by atoms with Crippen molar-refractivity contribution in [3.05, 3.63) is 59.5 Å². The Kier molecular flexibility index (Phi) is 4.04. The first kappa shape index (κ1) is 13.0. The number of nitrogens with two attached hydrogens (primary N) is 1. The van der Waals surface area contributed by atoms with Crippen LogP contribution in [-0.2, 0) is 0 Å². The Morgan fingerprint density at radius 1 is 1.16 bits per heavy atom. The molecule has 0 fully saturated rings. The van der Waals surface area contributed by atoms with Crippen LogP contribution < -0.4 is 16.5 Å². The molecule has 0 spiro atoms. The molecule has 2 rings (SSSR count). The van der Waals surface area contributed by atoms with Gasteiger partial charge in [0.15, 0.2) is 9.98 Å². The van der Waals surface area contributed by atoms with E-state index in [2.05, 4.69) is 16.7 Å². The summed E-state index contributed by atoms with van der Waals surface area (Å²) in [5.74, 6) is 5.14. The van der Waals surface area contributed by atoms with Crippen molar-refractivity contribution in [1.82, 2.24) is 0 Å². The molecule has 0 bridgehead atoms. The van der Waals surface area contributed by atoms with Gasteiger partial charge in [0.2, 0.25) is 0 Å². The van der Waals surface area contributed by atoms with Crippen molar-refractivity contribution in [1.29, 1.82) is 0 Å². The maximum Gasteiger partial charge on any atom is 0.293 e. The zero-order valence-electron chi connectivity index (χ0n) is 9.96. The van der Waals surface area contributed by atoms with Crippen LogP contribution >= 0.6 is 12.2 Å². The zero-order chi connectivity index (χ0) is 13.7. The molecule has 0 aliphatic carbocycles. The Morgan fingerprint density at radius 3 is 2.53 bits per heavy atom. The summed E-state index contributed by atoms with van der Waals surface area (Å²) in [6.45, 7) is 0. The zero-order valence-corrected chi connectivity index (χ0v) is 10.8. The largest absolute Gasteiger partial charge is 0.332 e. The average molecular weight is 272 g/mol. The highest BCUT2D eigenvalue weighted by Gasteiger charge is 2.09. The number of nitrogens with one attached hydrogen (secondary N) is 2. The summed E-state index contributed by atoms with van der Waals surface area (Å²) in [6, 6.07) is 16.9. The smallest absolute Gasteiger partial charge is 0.293 e. The predicted molar refractivity (Wildman–Crippen MR) is 79.0 cm³/mol. The number of thiocarbonyl (C=S) groups is 1. The van der Waals surface area contributed by atoms with Gasteiger partial charge in [-0.2, -0.15) is 5.84 Å². The summed E-state index contributed by atoms with van der Waals surface area (Å²) in [6.07, 6.45) is 0. The average Bonchev–Trinajstić information content (AvgIpc) is 2.40. The first-order chi connectivity index (χ1) is 9.15. The van der Waals surface area contributed by atoms with E-state index in [-0.39, 0.29) is 0 Å². The fourth-order valence-corrected chi connectivity index (χ4v) is 1.72. The maximum absolute atomic E-state index is 11.0. The second kappa shape index (κ2) is 5.92. The first-order valence-corrected chi connectivity index (χ1v) is 5.92. The Labute approximate surface area is 116 Å². The van der Waals surface area contributed by atoms with Crippen LogP contribution in [0.2, 0.25) is 0 Å². The third kappa shape index (κ3) is 3.75. The summed E-state index contributed by atoms with van der Waals surface area (Å²) in [5.41, 5.74) is 1.89. The molecular weight excluding hydrogens is 260 g/mol. The highest BCUT2D eigenvalue weighted by atomic mass is 32.1. The topological polar surface area (TPSA) is 70.2 Å². The molecule has 0 aliphatic rings. The Bertz CT molecular complexity index is 601. The van der Waals surface area contributed by atoms with Crippen LogP contribution in [0.3, 0.4) is 0 Å². The van der Waals surface area contributed by atoms with E-state index in [0.29, 0.717) is 21.4 Å². The number of hydrogen-bond acceptors (Lipinski definition) is 2. The summed E-state index contributed by atoms with van der Waals surface area (Å²) >= 11 is 5.17. The maximum atomic E-state index is 11.0. The van der Waals surface area contributed by atoms with E-state index in [1.807, 2.05) is 12.1 Å². The van der Waals surface area contributed by atoms with Crippen LogP contribution in [0.25, 0.3) is 0 Å². The van der Waals surface area contributed by atoms with Gasteiger partial charge in [0, 0.05) is 23.5 Å². The molecule has 0 saturated carbocycles. The third-order valence-corrected chi connectivity index (χ3v) is 2.54. The van der Waals surface area contributed by atoms with Gasteiger partial charge in [0.1, 0.15) is 0 Å². The lowest BCUT2D eigenvalue weighted by Gasteiger charge is -2.09. The van der Waals surface area contributed by atoms with Crippen LogP contribution in [0.5, 0.6) is 0 Å². The number of rotatable bonds is 3. The van der Waals surface area contributed by atoms with E-state index in [1.165, 1.54) is 0 Å². The lowest BCUT2D eigenvalue weighted by molar-refractivity contribution is -0.474. The molecule has 0 amide bonds. The van der Waals surface area contributed by atoms with Crippen LogP contribution in [0.4, 0.5) is 17.1 Å². The number of hydrogen-bond donors (Lipinski definition) is 3. The van der Waals surface area contributed by atoms with Crippen LogP contribution in [0, 0.1) is 11.0 Å². The minimum absolute atomic E-state index is 0.300. The van der Waals surface area contributed by atoms with E-state index in [0.717, 1.165) is 5.69 Å².